The van der Waals surface area contributed by atoms with Gasteiger partial charge >= 0.3 is 0 Å². The number of halogens is 1. The van der Waals surface area contributed by atoms with Crippen LogP contribution in [0.2, 0.25) is 5.02 Å². The molecular weight excluding hydrogens is 228 g/mol. The number of benzene rings is 1. The van der Waals surface area contributed by atoms with Gasteiger partial charge in [-0.1, -0.05) is 24.6 Å². The van der Waals surface area contributed by atoms with E-state index in [1.807, 2.05) is 6.92 Å². The fraction of sp³-hybridized carbons (Fsp3) is 0.417. The van der Waals surface area contributed by atoms with Crippen LogP contribution in [0.3, 0.4) is 0 Å². The molecular formula is C12H15ClO3. The molecule has 1 aromatic carbocycles. The van der Waals surface area contributed by atoms with Crippen LogP contribution >= 0.6 is 11.6 Å². The standard InChI is InChI=1S/C12H15ClO3/c1-2-6-15-8-11(14)9-16-12-5-3-4-10(13)7-12/h3-5,7H,2,6,8-9H2,1H3. The molecule has 0 aliphatic carbocycles. The first kappa shape index (κ1) is 13.0. The molecule has 88 valence electrons. The van der Waals surface area contributed by atoms with Crippen LogP contribution in [0.15, 0.2) is 24.3 Å². The zero-order valence-corrected chi connectivity index (χ0v) is 10.00. The summed E-state index contributed by atoms with van der Waals surface area (Å²) in [6.45, 7) is 2.72. The number of ketones is 1. The van der Waals surface area contributed by atoms with Crippen molar-refractivity contribution in [3.8, 4) is 5.75 Å². The average Bonchev–Trinajstić information content (AvgIpc) is 2.27. The molecule has 3 nitrogen and oxygen atoms in total. The summed E-state index contributed by atoms with van der Waals surface area (Å²) in [5, 5.41) is 0.590. The smallest absolute Gasteiger partial charge is 0.195 e. The second-order valence-corrected chi connectivity index (χ2v) is 3.77. The van der Waals surface area contributed by atoms with Crippen LogP contribution in [0.1, 0.15) is 13.3 Å². The minimum absolute atomic E-state index is 0.0179. The van der Waals surface area contributed by atoms with Crippen molar-refractivity contribution in [1.29, 1.82) is 0 Å². The molecule has 1 aromatic rings. The molecule has 0 heterocycles. The predicted molar refractivity (Wildman–Crippen MR) is 63.1 cm³/mol. The predicted octanol–water partition coefficient (Wildman–Crippen LogP) is 2.71. The lowest BCUT2D eigenvalue weighted by atomic mass is 10.3. The first-order valence-electron chi connectivity index (χ1n) is 5.20. The highest BCUT2D eigenvalue weighted by Crippen LogP contribution is 2.16. The normalized spacial score (nSPS) is 10.1. The van der Waals surface area contributed by atoms with E-state index in [-0.39, 0.29) is 19.0 Å². The molecule has 0 spiro atoms. The van der Waals surface area contributed by atoms with Gasteiger partial charge in [-0.3, -0.25) is 4.79 Å². The van der Waals surface area contributed by atoms with Crippen LogP contribution in [-0.4, -0.2) is 25.6 Å². The summed E-state index contributed by atoms with van der Waals surface area (Å²) in [4.78, 5) is 11.3. The van der Waals surface area contributed by atoms with Crippen molar-refractivity contribution in [2.24, 2.45) is 0 Å². The van der Waals surface area contributed by atoms with Gasteiger partial charge in [-0.2, -0.15) is 0 Å². The third-order valence-corrected chi connectivity index (χ3v) is 2.04. The molecule has 0 aromatic heterocycles. The number of ether oxygens (including phenoxy) is 2. The van der Waals surface area contributed by atoms with Crippen LogP contribution < -0.4 is 4.74 Å². The lowest BCUT2D eigenvalue weighted by molar-refractivity contribution is -0.125. The van der Waals surface area contributed by atoms with Crippen molar-refractivity contribution in [3.63, 3.8) is 0 Å². The van der Waals surface area contributed by atoms with E-state index in [1.54, 1.807) is 24.3 Å². The summed E-state index contributed by atoms with van der Waals surface area (Å²) in [6.07, 6.45) is 0.905. The van der Waals surface area contributed by atoms with Crippen LogP contribution in [0.5, 0.6) is 5.75 Å². The lowest BCUT2D eigenvalue weighted by Crippen LogP contribution is -2.17. The van der Waals surface area contributed by atoms with E-state index in [0.717, 1.165) is 6.42 Å². The minimum Gasteiger partial charge on any atom is -0.486 e. The number of hydrogen-bond donors (Lipinski definition) is 0. The second-order valence-electron chi connectivity index (χ2n) is 3.34. The van der Waals surface area contributed by atoms with Crippen molar-refractivity contribution >= 4 is 17.4 Å². The van der Waals surface area contributed by atoms with E-state index in [9.17, 15) is 4.79 Å². The van der Waals surface area contributed by atoms with Crippen molar-refractivity contribution < 1.29 is 14.3 Å². The Kier molecular flexibility index (Phi) is 5.90. The molecule has 0 radical (unpaired) electrons. The first-order valence-corrected chi connectivity index (χ1v) is 5.58. The van der Waals surface area contributed by atoms with Gasteiger partial charge in [-0.25, -0.2) is 0 Å². The Balaban J connectivity index is 2.26. The quantitative estimate of drug-likeness (QED) is 0.690. The van der Waals surface area contributed by atoms with Gasteiger partial charge in [-0.05, 0) is 24.6 Å². The molecule has 0 unspecified atom stereocenters. The van der Waals surface area contributed by atoms with Crippen molar-refractivity contribution in [3.05, 3.63) is 29.3 Å². The highest BCUT2D eigenvalue weighted by molar-refractivity contribution is 6.30. The largest absolute Gasteiger partial charge is 0.486 e. The molecule has 0 aliphatic heterocycles. The van der Waals surface area contributed by atoms with Gasteiger partial charge in [0.15, 0.2) is 5.78 Å². The third-order valence-electron chi connectivity index (χ3n) is 1.81. The Morgan fingerprint density at radius 3 is 2.88 bits per heavy atom. The lowest BCUT2D eigenvalue weighted by Gasteiger charge is -2.05. The minimum atomic E-state index is -0.0755. The summed E-state index contributed by atoms with van der Waals surface area (Å²) in [6, 6.07) is 6.95. The van der Waals surface area contributed by atoms with Crippen molar-refractivity contribution in [2.75, 3.05) is 19.8 Å². The van der Waals surface area contributed by atoms with Gasteiger partial charge in [0.05, 0.1) is 0 Å². The van der Waals surface area contributed by atoms with Gasteiger partial charge in [-0.15, -0.1) is 0 Å². The number of carbonyl (C=O) groups excluding carboxylic acids is 1. The highest BCUT2D eigenvalue weighted by atomic mass is 35.5. The molecule has 0 atom stereocenters. The fourth-order valence-corrected chi connectivity index (χ4v) is 1.27. The first-order chi connectivity index (χ1) is 7.72. The summed E-state index contributed by atoms with van der Waals surface area (Å²) in [5.74, 6) is 0.518. The van der Waals surface area contributed by atoms with E-state index in [1.165, 1.54) is 0 Å². The topological polar surface area (TPSA) is 35.5 Å². The zero-order chi connectivity index (χ0) is 11.8. The van der Waals surface area contributed by atoms with Gasteiger partial charge in [0.25, 0.3) is 0 Å². The molecule has 0 amide bonds. The van der Waals surface area contributed by atoms with Gasteiger partial charge < -0.3 is 9.47 Å². The van der Waals surface area contributed by atoms with Gasteiger partial charge in [0.1, 0.15) is 19.0 Å². The Morgan fingerprint density at radius 1 is 1.38 bits per heavy atom. The average molecular weight is 243 g/mol. The summed E-state index contributed by atoms with van der Waals surface area (Å²) in [5.41, 5.74) is 0. The molecule has 1 rings (SSSR count). The van der Waals surface area contributed by atoms with Crippen LogP contribution in [0, 0.1) is 0 Å². The van der Waals surface area contributed by atoms with E-state index in [4.69, 9.17) is 21.1 Å². The number of rotatable bonds is 7. The molecule has 0 bridgehead atoms. The second kappa shape index (κ2) is 7.25. The molecule has 16 heavy (non-hydrogen) atoms. The van der Waals surface area contributed by atoms with Crippen molar-refractivity contribution in [1.82, 2.24) is 0 Å². The van der Waals surface area contributed by atoms with Crippen molar-refractivity contribution in [2.45, 2.75) is 13.3 Å². The van der Waals surface area contributed by atoms with E-state index < -0.39 is 0 Å². The maximum Gasteiger partial charge on any atom is 0.195 e. The van der Waals surface area contributed by atoms with Crippen LogP contribution in [0.4, 0.5) is 0 Å². The fourth-order valence-electron chi connectivity index (χ4n) is 1.09. The number of carbonyl (C=O) groups is 1. The maximum atomic E-state index is 11.3. The summed E-state index contributed by atoms with van der Waals surface area (Å²) in [7, 11) is 0. The van der Waals surface area contributed by atoms with Gasteiger partial charge in [0, 0.05) is 11.6 Å². The number of hydrogen-bond acceptors (Lipinski definition) is 3. The van der Waals surface area contributed by atoms with E-state index in [0.29, 0.717) is 17.4 Å². The Bertz CT molecular complexity index is 339. The molecule has 4 heteroatoms. The maximum absolute atomic E-state index is 11.3. The van der Waals surface area contributed by atoms with Crippen LogP contribution in [-0.2, 0) is 9.53 Å². The highest BCUT2D eigenvalue weighted by Gasteiger charge is 2.03. The molecule has 0 saturated heterocycles. The molecule has 0 N–H and O–H groups in total. The van der Waals surface area contributed by atoms with Crippen LogP contribution in [0.25, 0.3) is 0 Å². The monoisotopic (exact) mass is 242 g/mol. The summed E-state index contributed by atoms with van der Waals surface area (Å²) < 4.78 is 10.4. The summed E-state index contributed by atoms with van der Waals surface area (Å²) >= 11 is 5.77. The number of Topliss-reactive ketones (excluding diaryl/α,β-unsaturated/α-hetero) is 1. The van der Waals surface area contributed by atoms with E-state index >= 15 is 0 Å². The van der Waals surface area contributed by atoms with Gasteiger partial charge in [0.2, 0.25) is 0 Å². The SMILES string of the molecule is CCCOCC(=O)COc1cccc(Cl)c1. The Labute approximate surface area is 100 Å². The molecule has 0 fully saturated rings. The Hall–Kier alpha value is -1.06. The third kappa shape index (κ3) is 5.14. The zero-order valence-electron chi connectivity index (χ0n) is 9.24. The van der Waals surface area contributed by atoms with E-state index in [2.05, 4.69) is 0 Å². The Morgan fingerprint density at radius 2 is 2.19 bits per heavy atom. The molecule has 0 saturated carbocycles. The molecule has 0 aliphatic rings.